The quantitative estimate of drug-likeness (QED) is 0.742. The van der Waals surface area contributed by atoms with Crippen LogP contribution < -0.4 is 11.1 Å². The molecule has 4 N–H and O–H groups in total. The first kappa shape index (κ1) is 13.3. The summed E-state index contributed by atoms with van der Waals surface area (Å²) < 4.78 is 0. The third-order valence-corrected chi connectivity index (χ3v) is 4.61. The number of imidazole rings is 1. The number of aromatic amines is 1. The Morgan fingerprint density at radius 3 is 2.75 bits per heavy atom. The molecule has 0 saturated heterocycles. The van der Waals surface area contributed by atoms with Crippen LogP contribution >= 0.6 is 0 Å². The minimum Gasteiger partial charge on any atom is -0.399 e. The van der Waals surface area contributed by atoms with Crippen LogP contribution in [0, 0.1) is 11.8 Å². The average molecular weight is 272 g/mol. The molecule has 4 nitrogen and oxygen atoms in total. The Hall–Kier alpha value is -1.71. The zero-order chi connectivity index (χ0) is 13.9. The van der Waals surface area contributed by atoms with E-state index >= 15 is 0 Å². The van der Waals surface area contributed by atoms with Gasteiger partial charge in [0.15, 0.2) is 0 Å². The molecule has 1 aromatic carbocycles. The van der Waals surface area contributed by atoms with E-state index in [-0.39, 0.29) is 0 Å². The van der Waals surface area contributed by atoms with Crippen LogP contribution in [0.25, 0.3) is 11.0 Å². The smallest absolute Gasteiger partial charge is 0.201 e. The van der Waals surface area contributed by atoms with Gasteiger partial charge in [0.2, 0.25) is 5.95 Å². The number of nitrogens with zero attached hydrogens (tertiary/aromatic N) is 1. The number of nitrogens with two attached hydrogens (primary N) is 1. The van der Waals surface area contributed by atoms with E-state index in [4.69, 9.17) is 5.73 Å². The number of nitrogen functional groups attached to an aromatic ring is 1. The largest absolute Gasteiger partial charge is 0.399 e. The fourth-order valence-corrected chi connectivity index (χ4v) is 3.20. The third-order valence-electron chi connectivity index (χ3n) is 4.61. The second kappa shape index (κ2) is 5.73. The predicted octanol–water partition coefficient (Wildman–Crippen LogP) is 3.77. The minimum atomic E-state index is 0.769. The molecule has 0 radical (unpaired) electrons. The molecule has 4 heteroatoms. The van der Waals surface area contributed by atoms with Crippen LogP contribution in [0.2, 0.25) is 0 Å². The Kier molecular flexibility index (Phi) is 3.81. The SMILES string of the molecule is CCC1CCC(CNc2nc3ccc(N)cc3[nH]2)CC1. The normalized spacial score (nSPS) is 23.1. The summed E-state index contributed by atoms with van der Waals surface area (Å²) in [6.45, 7) is 3.33. The molecule has 0 aliphatic heterocycles. The highest BCUT2D eigenvalue weighted by atomic mass is 15.1. The number of aromatic nitrogens is 2. The molecule has 1 fully saturated rings. The molecule has 108 valence electrons. The Labute approximate surface area is 120 Å². The summed E-state index contributed by atoms with van der Waals surface area (Å²) in [6.07, 6.45) is 6.81. The minimum absolute atomic E-state index is 0.769. The topological polar surface area (TPSA) is 66.7 Å². The third kappa shape index (κ3) is 2.89. The molecule has 0 atom stereocenters. The van der Waals surface area contributed by atoms with Gasteiger partial charge in [-0.15, -0.1) is 0 Å². The molecule has 0 bridgehead atoms. The average Bonchev–Trinajstić information content (AvgIpc) is 2.87. The first-order valence-corrected chi connectivity index (χ1v) is 7.73. The van der Waals surface area contributed by atoms with Gasteiger partial charge in [-0.3, -0.25) is 0 Å². The Morgan fingerprint density at radius 2 is 2.00 bits per heavy atom. The Morgan fingerprint density at radius 1 is 1.25 bits per heavy atom. The van der Waals surface area contributed by atoms with Crippen LogP contribution in [0.3, 0.4) is 0 Å². The van der Waals surface area contributed by atoms with Gasteiger partial charge in [-0.2, -0.15) is 0 Å². The summed E-state index contributed by atoms with van der Waals surface area (Å²) in [4.78, 5) is 7.84. The zero-order valence-electron chi connectivity index (χ0n) is 12.2. The van der Waals surface area contributed by atoms with E-state index in [1.54, 1.807) is 0 Å². The van der Waals surface area contributed by atoms with Crippen molar-refractivity contribution < 1.29 is 0 Å². The van der Waals surface area contributed by atoms with Gasteiger partial charge in [-0.05, 0) is 42.9 Å². The Bertz CT molecular complexity index is 567. The molecule has 1 heterocycles. The van der Waals surface area contributed by atoms with Crippen molar-refractivity contribution in [2.45, 2.75) is 39.0 Å². The van der Waals surface area contributed by atoms with E-state index < -0.39 is 0 Å². The van der Waals surface area contributed by atoms with Gasteiger partial charge in [-0.1, -0.05) is 26.2 Å². The molecule has 20 heavy (non-hydrogen) atoms. The summed E-state index contributed by atoms with van der Waals surface area (Å²) in [5, 5.41) is 3.45. The highest BCUT2D eigenvalue weighted by molar-refractivity contribution is 5.80. The van der Waals surface area contributed by atoms with Crippen molar-refractivity contribution in [1.82, 2.24) is 9.97 Å². The highest BCUT2D eigenvalue weighted by Gasteiger charge is 2.19. The summed E-state index contributed by atoms with van der Waals surface area (Å²) in [7, 11) is 0. The number of anilines is 2. The van der Waals surface area contributed by atoms with E-state index in [1.165, 1.54) is 32.1 Å². The number of H-pyrrole nitrogens is 1. The van der Waals surface area contributed by atoms with Crippen LogP contribution in [-0.4, -0.2) is 16.5 Å². The molecule has 1 aliphatic carbocycles. The van der Waals surface area contributed by atoms with Gasteiger partial charge in [-0.25, -0.2) is 4.98 Å². The number of rotatable bonds is 4. The van der Waals surface area contributed by atoms with Crippen molar-refractivity contribution in [2.24, 2.45) is 11.8 Å². The summed E-state index contributed by atoms with van der Waals surface area (Å²) in [5.74, 6) is 2.61. The highest BCUT2D eigenvalue weighted by Crippen LogP contribution is 2.30. The van der Waals surface area contributed by atoms with Gasteiger partial charge < -0.3 is 16.0 Å². The number of benzene rings is 1. The fraction of sp³-hybridized carbons (Fsp3) is 0.562. The van der Waals surface area contributed by atoms with Crippen LogP contribution in [0.15, 0.2) is 18.2 Å². The predicted molar refractivity (Wildman–Crippen MR) is 84.7 cm³/mol. The molecule has 0 unspecified atom stereocenters. The first-order chi connectivity index (χ1) is 9.74. The molecule has 1 aliphatic rings. The van der Waals surface area contributed by atoms with Gasteiger partial charge in [0.05, 0.1) is 11.0 Å². The van der Waals surface area contributed by atoms with Crippen LogP contribution in [0.1, 0.15) is 39.0 Å². The van der Waals surface area contributed by atoms with Crippen LogP contribution in [0.4, 0.5) is 11.6 Å². The molecule has 1 saturated carbocycles. The van der Waals surface area contributed by atoms with Crippen molar-refractivity contribution in [3.8, 4) is 0 Å². The number of hydrogen-bond acceptors (Lipinski definition) is 3. The number of fused-ring (bicyclic) bond motifs is 1. The fourth-order valence-electron chi connectivity index (χ4n) is 3.20. The van der Waals surface area contributed by atoms with Crippen molar-refractivity contribution in [2.75, 3.05) is 17.6 Å². The summed E-state index contributed by atoms with van der Waals surface area (Å²) in [5.41, 5.74) is 8.52. The second-order valence-corrected chi connectivity index (χ2v) is 6.04. The van der Waals surface area contributed by atoms with Crippen LogP contribution in [-0.2, 0) is 0 Å². The standard InChI is InChI=1S/C16H24N4/c1-2-11-3-5-12(6-4-11)10-18-16-19-14-8-7-13(17)9-15(14)20-16/h7-9,11-12H,2-6,10,17H2,1H3,(H2,18,19,20). The molecule has 3 rings (SSSR count). The van der Waals surface area contributed by atoms with E-state index in [9.17, 15) is 0 Å². The Balaban J connectivity index is 1.57. The van der Waals surface area contributed by atoms with Gasteiger partial charge in [0.25, 0.3) is 0 Å². The molecule has 1 aromatic heterocycles. The lowest BCUT2D eigenvalue weighted by atomic mass is 9.81. The maximum absolute atomic E-state index is 5.78. The molecular weight excluding hydrogens is 248 g/mol. The van der Waals surface area contributed by atoms with Crippen molar-refractivity contribution in [3.05, 3.63) is 18.2 Å². The van der Waals surface area contributed by atoms with Crippen molar-refractivity contribution in [3.63, 3.8) is 0 Å². The number of hydrogen-bond donors (Lipinski definition) is 3. The lowest BCUT2D eigenvalue weighted by molar-refractivity contribution is 0.278. The maximum Gasteiger partial charge on any atom is 0.201 e. The molecular formula is C16H24N4. The molecule has 0 amide bonds. The van der Waals surface area contributed by atoms with E-state index in [0.717, 1.165) is 41.0 Å². The van der Waals surface area contributed by atoms with Gasteiger partial charge >= 0.3 is 0 Å². The van der Waals surface area contributed by atoms with Gasteiger partial charge in [0.1, 0.15) is 0 Å². The number of nitrogens with one attached hydrogen (secondary N) is 2. The van der Waals surface area contributed by atoms with Gasteiger partial charge in [0, 0.05) is 12.2 Å². The molecule has 2 aromatic rings. The van der Waals surface area contributed by atoms with Crippen molar-refractivity contribution in [1.29, 1.82) is 0 Å². The molecule has 0 spiro atoms. The second-order valence-electron chi connectivity index (χ2n) is 6.04. The lowest BCUT2D eigenvalue weighted by Crippen LogP contribution is -2.21. The maximum atomic E-state index is 5.78. The summed E-state index contributed by atoms with van der Waals surface area (Å²) >= 11 is 0. The van der Waals surface area contributed by atoms with E-state index in [0.29, 0.717) is 0 Å². The van der Waals surface area contributed by atoms with E-state index in [1.807, 2.05) is 18.2 Å². The van der Waals surface area contributed by atoms with Crippen LogP contribution in [0.5, 0.6) is 0 Å². The summed E-state index contributed by atoms with van der Waals surface area (Å²) in [6, 6.07) is 5.78. The van der Waals surface area contributed by atoms with E-state index in [2.05, 4.69) is 22.2 Å². The zero-order valence-corrected chi connectivity index (χ0v) is 12.2. The first-order valence-electron chi connectivity index (χ1n) is 7.73. The lowest BCUT2D eigenvalue weighted by Gasteiger charge is -2.27. The van der Waals surface area contributed by atoms with Crippen molar-refractivity contribution >= 4 is 22.7 Å². The monoisotopic (exact) mass is 272 g/mol.